The summed E-state index contributed by atoms with van der Waals surface area (Å²) < 4.78 is 58.1. The van der Waals surface area contributed by atoms with Crippen molar-refractivity contribution < 1.29 is 32.2 Å². The second kappa shape index (κ2) is 15.1. The molecule has 2 fully saturated rings. The number of ether oxygens (including phenoxy) is 2. The number of piperidine rings is 1. The zero-order valence-electron chi connectivity index (χ0n) is 28.9. The zero-order valence-corrected chi connectivity index (χ0v) is 28.9. The van der Waals surface area contributed by atoms with Gasteiger partial charge in [0.1, 0.15) is 35.1 Å². The number of benzene rings is 2. The summed E-state index contributed by atoms with van der Waals surface area (Å²) in [6, 6.07) is 8.34. The minimum Gasteiger partial charge on any atom is -0.494 e. The number of carbonyl (C=O) groups is 2. The summed E-state index contributed by atoms with van der Waals surface area (Å²) in [6.45, 7) is 10.0. The van der Waals surface area contributed by atoms with Gasteiger partial charge >= 0.3 is 0 Å². The van der Waals surface area contributed by atoms with Crippen LogP contribution in [0.4, 0.5) is 18.9 Å². The Morgan fingerprint density at radius 1 is 1.14 bits per heavy atom. The molecule has 49 heavy (non-hydrogen) atoms. The maximum Gasteiger partial charge on any atom is 0.298 e. The molecule has 1 saturated heterocycles. The van der Waals surface area contributed by atoms with Crippen molar-refractivity contribution in [2.75, 3.05) is 27.2 Å². The van der Waals surface area contributed by atoms with Gasteiger partial charge in [0.25, 0.3) is 11.8 Å². The van der Waals surface area contributed by atoms with Gasteiger partial charge in [0.15, 0.2) is 0 Å². The molecule has 5 rings (SSSR count). The Morgan fingerprint density at radius 2 is 1.86 bits per heavy atom. The summed E-state index contributed by atoms with van der Waals surface area (Å²) in [4.78, 5) is 37.9. The molecule has 2 heterocycles. The number of nitrogens with zero attached hydrogens (tertiary/aromatic N) is 4. The normalized spacial score (nSPS) is 18.8. The Bertz CT molecular complexity index is 1690. The third-order valence-corrected chi connectivity index (χ3v) is 9.69. The van der Waals surface area contributed by atoms with Crippen molar-refractivity contribution in [3.05, 3.63) is 76.6 Å². The molecule has 0 aromatic heterocycles. The Balaban J connectivity index is 1.42. The summed E-state index contributed by atoms with van der Waals surface area (Å²) in [7, 11) is 3.04. The van der Waals surface area contributed by atoms with E-state index in [0.29, 0.717) is 24.4 Å². The number of methoxy groups -OCH3 is 1. The van der Waals surface area contributed by atoms with Crippen molar-refractivity contribution in [2.45, 2.75) is 83.7 Å². The van der Waals surface area contributed by atoms with E-state index in [1.54, 1.807) is 19.2 Å². The number of alkyl halides is 2. The summed E-state index contributed by atoms with van der Waals surface area (Å²) in [5.41, 5.74) is 0.217. The number of amidine groups is 1. The van der Waals surface area contributed by atoms with Crippen molar-refractivity contribution >= 4 is 29.6 Å². The Kier molecular flexibility index (Phi) is 11.1. The second-order valence-corrected chi connectivity index (χ2v) is 13.3. The molecule has 0 spiro atoms. The van der Waals surface area contributed by atoms with Crippen molar-refractivity contribution in [1.29, 1.82) is 0 Å². The number of aldehydes is 1. The summed E-state index contributed by atoms with van der Waals surface area (Å²) in [5, 5.41) is 0. The lowest BCUT2D eigenvalue weighted by Crippen LogP contribution is -2.35. The van der Waals surface area contributed by atoms with E-state index in [-0.39, 0.29) is 40.1 Å². The number of hydrogen-bond donors (Lipinski definition) is 0. The summed E-state index contributed by atoms with van der Waals surface area (Å²) >= 11 is 0. The quantitative estimate of drug-likeness (QED) is 0.0983. The number of amides is 1. The number of fused-ring (bicyclic) bond motifs is 1. The fourth-order valence-corrected chi connectivity index (χ4v) is 6.66. The first-order valence-electron chi connectivity index (χ1n) is 16.8. The molecule has 1 amide bonds. The molecule has 8 nitrogen and oxygen atoms in total. The highest BCUT2D eigenvalue weighted by Crippen LogP contribution is 2.38. The van der Waals surface area contributed by atoms with Gasteiger partial charge in [-0.05, 0) is 102 Å². The highest BCUT2D eigenvalue weighted by Gasteiger charge is 2.40. The Hall–Kier alpha value is -4.25. The van der Waals surface area contributed by atoms with Gasteiger partial charge in [0, 0.05) is 37.2 Å². The highest BCUT2D eigenvalue weighted by atomic mass is 19.3. The number of halogens is 3. The van der Waals surface area contributed by atoms with Gasteiger partial charge in [0.05, 0.1) is 18.2 Å². The molecule has 1 atom stereocenters. The van der Waals surface area contributed by atoms with Gasteiger partial charge in [0.2, 0.25) is 5.90 Å². The van der Waals surface area contributed by atoms with Crippen molar-refractivity contribution in [1.82, 2.24) is 9.80 Å². The Morgan fingerprint density at radius 3 is 2.47 bits per heavy atom. The van der Waals surface area contributed by atoms with Crippen LogP contribution < -0.4 is 9.47 Å². The third kappa shape index (κ3) is 7.98. The Labute approximate surface area is 286 Å². The standard InChI is InChI=1S/C38H45F3N4O4/c1-7-30(38(40,41)23(2)3)36(49-33-10-8-9-26-21-44(5)37(47)35(26)33)43-24(4)42-32-20-31(39)29(19-34(32)48-6)27(22-46)12-11-25-15-17-45(18-16-25)28-13-14-28/h7-10,19-20,22,25,27-28H,2,11-18,21H2,1,3-6H3/b30-7+,42-24?,43-36?. The topological polar surface area (TPSA) is 83.8 Å². The third-order valence-electron chi connectivity index (χ3n) is 9.69. The minimum absolute atomic E-state index is 0.0437. The predicted molar refractivity (Wildman–Crippen MR) is 185 cm³/mol. The average molecular weight is 679 g/mol. The minimum atomic E-state index is -3.53. The number of allylic oxidation sites excluding steroid dienone is 2. The number of rotatable bonds is 12. The van der Waals surface area contributed by atoms with E-state index in [1.165, 1.54) is 63.8 Å². The maximum atomic E-state index is 15.6. The zero-order chi connectivity index (χ0) is 35.5. The molecule has 3 aliphatic rings. The number of likely N-dealkylation sites (tertiary alicyclic amines) is 1. The van der Waals surface area contributed by atoms with Crippen LogP contribution in [0.15, 0.2) is 64.1 Å². The maximum absolute atomic E-state index is 15.6. The van der Waals surface area contributed by atoms with Crippen LogP contribution in [0.2, 0.25) is 0 Å². The SMILES string of the molecule is C=C(C)C(F)(F)/C(=C/C)C(=NC(C)=Nc1cc(F)c(C(C=O)CCC2CCN(C3CC3)CC2)cc1OC)Oc1cccc2c1C(=O)N(C)C2. The molecule has 1 aliphatic carbocycles. The highest BCUT2D eigenvalue weighted by molar-refractivity contribution is 6.07. The monoisotopic (exact) mass is 678 g/mol. The van der Waals surface area contributed by atoms with Gasteiger partial charge in [-0.25, -0.2) is 9.38 Å². The first-order valence-corrected chi connectivity index (χ1v) is 16.8. The summed E-state index contributed by atoms with van der Waals surface area (Å²) in [6.07, 6.45) is 8.05. The van der Waals surface area contributed by atoms with Gasteiger partial charge in [-0.3, -0.25) is 4.79 Å². The molecule has 2 aliphatic heterocycles. The van der Waals surface area contributed by atoms with Gasteiger partial charge in [-0.2, -0.15) is 13.8 Å². The van der Waals surface area contributed by atoms with E-state index in [2.05, 4.69) is 21.5 Å². The number of aliphatic imine (C=N–C) groups is 2. The van der Waals surface area contributed by atoms with Crippen LogP contribution in [0.5, 0.6) is 11.5 Å². The van der Waals surface area contributed by atoms with E-state index in [4.69, 9.17) is 9.47 Å². The van der Waals surface area contributed by atoms with E-state index in [9.17, 15) is 9.59 Å². The van der Waals surface area contributed by atoms with Crippen LogP contribution in [0.1, 0.15) is 86.7 Å². The average Bonchev–Trinajstić information content (AvgIpc) is 3.87. The molecular weight excluding hydrogens is 633 g/mol. The fraction of sp³-hybridized carbons (Fsp3) is 0.474. The molecule has 1 unspecified atom stereocenters. The molecule has 11 heteroatoms. The number of hydrogen-bond acceptors (Lipinski definition) is 6. The van der Waals surface area contributed by atoms with E-state index in [1.807, 2.05) is 0 Å². The van der Waals surface area contributed by atoms with Crippen LogP contribution in [-0.2, 0) is 11.3 Å². The van der Waals surface area contributed by atoms with Crippen LogP contribution in [-0.4, -0.2) is 72.9 Å². The van der Waals surface area contributed by atoms with Crippen molar-refractivity contribution in [3.63, 3.8) is 0 Å². The molecule has 0 N–H and O–H groups in total. The molecular formula is C38H45F3N4O4. The molecule has 0 radical (unpaired) electrons. The molecule has 262 valence electrons. The lowest BCUT2D eigenvalue weighted by atomic mass is 9.86. The van der Waals surface area contributed by atoms with Crippen molar-refractivity contribution in [3.8, 4) is 11.5 Å². The van der Waals surface area contributed by atoms with Crippen molar-refractivity contribution in [2.24, 2.45) is 15.9 Å². The van der Waals surface area contributed by atoms with E-state index >= 15 is 13.2 Å². The predicted octanol–water partition coefficient (Wildman–Crippen LogP) is 8.04. The second-order valence-electron chi connectivity index (χ2n) is 13.3. The van der Waals surface area contributed by atoms with Gasteiger partial charge in [-0.1, -0.05) is 24.8 Å². The molecule has 2 aromatic carbocycles. The molecule has 2 aromatic rings. The van der Waals surface area contributed by atoms with Crippen LogP contribution in [0, 0.1) is 11.7 Å². The molecule has 0 bridgehead atoms. The van der Waals surface area contributed by atoms with Gasteiger partial charge in [-0.15, -0.1) is 0 Å². The lowest BCUT2D eigenvalue weighted by molar-refractivity contribution is -0.109. The van der Waals surface area contributed by atoms with Crippen LogP contribution >= 0.6 is 0 Å². The fourth-order valence-electron chi connectivity index (χ4n) is 6.66. The number of carbonyl (C=O) groups excluding carboxylic acids is 2. The first-order chi connectivity index (χ1) is 23.4. The smallest absolute Gasteiger partial charge is 0.298 e. The molecule has 1 saturated carbocycles. The van der Waals surface area contributed by atoms with E-state index < -0.39 is 34.7 Å². The lowest BCUT2D eigenvalue weighted by Gasteiger charge is -2.32. The van der Waals surface area contributed by atoms with Crippen LogP contribution in [0.25, 0.3) is 0 Å². The summed E-state index contributed by atoms with van der Waals surface area (Å²) in [5.74, 6) is -4.89. The first kappa shape index (κ1) is 36.0. The van der Waals surface area contributed by atoms with Gasteiger partial charge < -0.3 is 24.1 Å². The van der Waals surface area contributed by atoms with E-state index in [0.717, 1.165) is 50.7 Å². The van der Waals surface area contributed by atoms with Crippen LogP contribution in [0.3, 0.4) is 0 Å². The largest absolute Gasteiger partial charge is 0.494 e.